The number of carbonyl (C=O) groups is 3. The van der Waals surface area contributed by atoms with Gasteiger partial charge in [0.05, 0.1) is 28.1 Å². The Balaban J connectivity index is 1.56. The van der Waals surface area contributed by atoms with Crippen molar-refractivity contribution in [3.63, 3.8) is 0 Å². The SMILES string of the molecule is Cc1cccc(C)c1-n1c(SCC(=O)NCCN2C(=O)CSC2=O)nc2ccccc2c1=O. The maximum atomic E-state index is 13.4. The standard InChI is InChI=1S/C23H22N4O4S2/c1-14-6-5-7-15(2)20(14)27-21(30)16-8-3-4-9-17(16)25-22(27)32-12-18(28)24-10-11-26-19(29)13-33-23(26)31/h3-9H,10-13H2,1-2H3,(H,24,28). The number of hydrogen-bond acceptors (Lipinski definition) is 7. The van der Waals surface area contributed by atoms with E-state index in [-0.39, 0.29) is 47.2 Å². The molecule has 0 unspecified atom stereocenters. The van der Waals surface area contributed by atoms with Gasteiger partial charge < -0.3 is 5.32 Å². The summed E-state index contributed by atoms with van der Waals surface area (Å²) in [5.41, 5.74) is 2.99. The predicted molar refractivity (Wildman–Crippen MR) is 130 cm³/mol. The molecule has 2 heterocycles. The molecule has 33 heavy (non-hydrogen) atoms. The summed E-state index contributed by atoms with van der Waals surface area (Å²) in [5.74, 6) is -0.341. The Hall–Kier alpha value is -3.11. The summed E-state index contributed by atoms with van der Waals surface area (Å²) in [5, 5.41) is 3.36. The minimum absolute atomic E-state index is 0.0341. The summed E-state index contributed by atoms with van der Waals surface area (Å²) in [7, 11) is 0. The number of fused-ring (bicyclic) bond motifs is 1. The third-order valence-corrected chi connectivity index (χ3v) is 7.04. The van der Waals surface area contributed by atoms with Crippen LogP contribution in [0.5, 0.6) is 0 Å². The number of rotatable bonds is 7. The summed E-state index contributed by atoms with van der Waals surface area (Å²) in [4.78, 5) is 55.0. The van der Waals surface area contributed by atoms with E-state index in [9.17, 15) is 19.2 Å². The van der Waals surface area contributed by atoms with Crippen molar-refractivity contribution in [2.75, 3.05) is 24.6 Å². The Kier molecular flexibility index (Phi) is 6.85. The number of imide groups is 1. The van der Waals surface area contributed by atoms with Crippen LogP contribution in [0.1, 0.15) is 11.1 Å². The van der Waals surface area contributed by atoms with Crippen LogP contribution in [-0.4, -0.2) is 56.1 Å². The lowest BCUT2D eigenvalue weighted by molar-refractivity contribution is -0.125. The van der Waals surface area contributed by atoms with Crippen molar-refractivity contribution in [1.29, 1.82) is 0 Å². The maximum Gasteiger partial charge on any atom is 0.288 e. The maximum absolute atomic E-state index is 13.4. The normalized spacial score (nSPS) is 13.7. The number of aryl methyl sites for hydroxylation is 2. The summed E-state index contributed by atoms with van der Waals surface area (Å²) < 4.78 is 1.57. The van der Waals surface area contributed by atoms with Gasteiger partial charge in [0.25, 0.3) is 10.8 Å². The number of amides is 3. The molecular weight excluding hydrogens is 460 g/mol. The van der Waals surface area contributed by atoms with E-state index in [0.29, 0.717) is 16.1 Å². The highest BCUT2D eigenvalue weighted by Crippen LogP contribution is 2.25. The van der Waals surface area contributed by atoms with Crippen LogP contribution < -0.4 is 10.9 Å². The Labute approximate surface area is 198 Å². The first-order valence-corrected chi connectivity index (χ1v) is 12.3. The number of carbonyl (C=O) groups excluding carboxylic acids is 3. The molecule has 0 aliphatic carbocycles. The van der Waals surface area contributed by atoms with E-state index >= 15 is 0 Å². The van der Waals surface area contributed by atoms with Crippen molar-refractivity contribution >= 4 is 51.5 Å². The second-order valence-electron chi connectivity index (χ2n) is 7.53. The van der Waals surface area contributed by atoms with Crippen molar-refractivity contribution in [2.45, 2.75) is 19.0 Å². The van der Waals surface area contributed by atoms with E-state index in [0.717, 1.165) is 33.5 Å². The number of thioether (sulfide) groups is 2. The lowest BCUT2D eigenvalue weighted by Crippen LogP contribution is -2.38. The smallest absolute Gasteiger partial charge is 0.288 e. The number of aromatic nitrogens is 2. The zero-order chi connectivity index (χ0) is 23.5. The molecule has 0 atom stereocenters. The van der Waals surface area contributed by atoms with E-state index in [2.05, 4.69) is 10.3 Å². The molecule has 3 aromatic rings. The third kappa shape index (κ3) is 4.81. The highest BCUT2D eigenvalue weighted by atomic mass is 32.2. The lowest BCUT2D eigenvalue weighted by atomic mass is 10.1. The first-order valence-electron chi connectivity index (χ1n) is 10.3. The second kappa shape index (κ2) is 9.80. The number of nitrogens with zero attached hydrogens (tertiary/aromatic N) is 3. The quantitative estimate of drug-likeness (QED) is 0.408. The van der Waals surface area contributed by atoms with Crippen LogP contribution in [0.4, 0.5) is 4.79 Å². The summed E-state index contributed by atoms with van der Waals surface area (Å²) in [6.07, 6.45) is 0. The van der Waals surface area contributed by atoms with Gasteiger partial charge in [-0.05, 0) is 37.1 Å². The Morgan fingerprint density at radius 2 is 1.82 bits per heavy atom. The molecule has 2 aromatic carbocycles. The number of nitrogens with one attached hydrogen (secondary N) is 1. The minimum Gasteiger partial charge on any atom is -0.354 e. The largest absolute Gasteiger partial charge is 0.354 e. The van der Waals surface area contributed by atoms with Gasteiger partial charge in [-0.15, -0.1) is 0 Å². The van der Waals surface area contributed by atoms with Crippen molar-refractivity contribution in [1.82, 2.24) is 19.8 Å². The average Bonchev–Trinajstić information content (AvgIpc) is 3.11. The number of para-hydroxylation sites is 2. The van der Waals surface area contributed by atoms with Crippen molar-refractivity contribution in [3.05, 3.63) is 63.9 Å². The molecule has 4 rings (SSSR count). The second-order valence-corrected chi connectivity index (χ2v) is 9.40. The Morgan fingerprint density at radius 1 is 1.09 bits per heavy atom. The third-order valence-electron chi connectivity index (χ3n) is 5.24. The van der Waals surface area contributed by atoms with Crippen molar-refractivity contribution in [3.8, 4) is 5.69 Å². The van der Waals surface area contributed by atoms with Gasteiger partial charge in [-0.2, -0.15) is 0 Å². The number of benzene rings is 2. The van der Waals surface area contributed by atoms with E-state index in [1.807, 2.05) is 38.1 Å². The van der Waals surface area contributed by atoms with Crippen LogP contribution >= 0.6 is 23.5 Å². The van der Waals surface area contributed by atoms with Crippen LogP contribution in [0.15, 0.2) is 52.4 Å². The van der Waals surface area contributed by atoms with Crippen LogP contribution in [0.2, 0.25) is 0 Å². The van der Waals surface area contributed by atoms with Crippen molar-refractivity contribution < 1.29 is 14.4 Å². The molecule has 1 aromatic heterocycles. The van der Waals surface area contributed by atoms with Gasteiger partial charge in [0.2, 0.25) is 11.8 Å². The number of hydrogen-bond donors (Lipinski definition) is 1. The molecular formula is C23H22N4O4S2. The van der Waals surface area contributed by atoms with Gasteiger partial charge in [-0.25, -0.2) is 4.98 Å². The molecule has 1 N–H and O–H groups in total. The topological polar surface area (TPSA) is 101 Å². The van der Waals surface area contributed by atoms with Gasteiger partial charge in [-0.1, -0.05) is 53.9 Å². The van der Waals surface area contributed by atoms with E-state index < -0.39 is 0 Å². The van der Waals surface area contributed by atoms with Gasteiger partial charge in [0.1, 0.15) is 0 Å². The fraction of sp³-hybridized carbons (Fsp3) is 0.261. The highest BCUT2D eigenvalue weighted by Gasteiger charge is 2.29. The molecule has 1 aliphatic rings. The molecule has 1 fully saturated rings. The van der Waals surface area contributed by atoms with Gasteiger partial charge >= 0.3 is 0 Å². The summed E-state index contributed by atoms with van der Waals surface area (Å²) in [6, 6.07) is 12.9. The molecule has 0 bridgehead atoms. The Morgan fingerprint density at radius 3 is 2.52 bits per heavy atom. The van der Waals surface area contributed by atoms with E-state index in [1.54, 1.807) is 22.8 Å². The highest BCUT2D eigenvalue weighted by molar-refractivity contribution is 8.14. The Bertz CT molecular complexity index is 1290. The molecule has 3 amide bonds. The van der Waals surface area contributed by atoms with Crippen LogP contribution in [0.25, 0.3) is 16.6 Å². The van der Waals surface area contributed by atoms with Crippen LogP contribution in [0, 0.1) is 13.8 Å². The first kappa shape index (κ1) is 23.1. The van der Waals surface area contributed by atoms with Crippen LogP contribution in [-0.2, 0) is 9.59 Å². The molecule has 10 heteroatoms. The van der Waals surface area contributed by atoms with Gasteiger partial charge in [0.15, 0.2) is 5.16 Å². The van der Waals surface area contributed by atoms with Gasteiger partial charge in [-0.3, -0.25) is 28.6 Å². The molecule has 170 valence electrons. The average molecular weight is 483 g/mol. The fourth-order valence-electron chi connectivity index (χ4n) is 3.65. The monoisotopic (exact) mass is 482 g/mol. The van der Waals surface area contributed by atoms with Crippen LogP contribution in [0.3, 0.4) is 0 Å². The van der Waals surface area contributed by atoms with E-state index in [1.165, 1.54) is 11.8 Å². The fourth-order valence-corrected chi connectivity index (χ4v) is 5.23. The minimum atomic E-state index is -0.290. The lowest BCUT2D eigenvalue weighted by Gasteiger charge is -2.17. The molecule has 8 nitrogen and oxygen atoms in total. The zero-order valence-corrected chi connectivity index (χ0v) is 19.8. The predicted octanol–water partition coefficient (Wildman–Crippen LogP) is 2.91. The van der Waals surface area contributed by atoms with Crippen molar-refractivity contribution in [2.24, 2.45) is 0 Å². The van der Waals surface area contributed by atoms with E-state index in [4.69, 9.17) is 0 Å². The molecule has 0 saturated carbocycles. The first-order chi connectivity index (χ1) is 15.9. The molecule has 1 aliphatic heterocycles. The zero-order valence-electron chi connectivity index (χ0n) is 18.2. The molecule has 0 radical (unpaired) electrons. The molecule has 1 saturated heterocycles. The summed E-state index contributed by atoms with van der Waals surface area (Å²) >= 11 is 2.13. The summed E-state index contributed by atoms with van der Waals surface area (Å²) in [6.45, 7) is 4.18. The molecule has 0 spiro atoms. The van der Waals surface area contributed by atoms with Gasteiger partial charge in [0, 0.05) is 13.1 Å².